The van der Waals surface area contributed by atoms with Crippen LogP contribution < -0.4 is 5.32 Å². The monoisotopic (exact) mass is 340 g/mol. The van der Waals surface area contributed by atoms with Crippen LogP contribution in [0.3, 0.4) is 0 Å². The van der Waals surface area contributed by atoms with E-state index < -0.39 is 27.8 Å². The second-order valence-electron chi connectivity index (χ2n) is 5.69. The van der Waals surface area contributed by atoms with Crippen molar-refractivity contribution in [2.24, 2.45) is 5.92 Å². The number of sulfonamides is 1. The highest BCUT2D eigenvalue weighted by Gasteiger charge is 2.31. The molecule has 2 N–H and O–H groups in total. The van der Waals surface area contributed by atoms with Crippen molar-refractivity contribution in [1.29, 1.82) is 0 Å². The molecule has 0 bridgehead atoms. The molecule has 1 aliphatic carbocycles. The number of hydrogen-bond donors (Lipinski definition) is 2. The fourth-order valence-electron chi connectivity index (χ4n) is 2.67. The Kier molecular flexibility index (Phi) is 5.38. The molecule has 0 unspecified atom stereocenters. The van der Waals surface area contributed by atoms with E-state index in [1.165, 1.54) is 19.2 Å². The normalized spacial score (nSPS) is 21.3. The van der Waals surface area contributed by atoms with Crippen molar-refractivity contribution in [3.8, 4) is 0 Å². The van der Waals surface area contributed by atoms with Crippen LogP contribution in [0.25, 0.3) is 0 Å². The summed E-state index contributed by atoms with van der Waals surface area (Å²) in [5.41, 5.74) is 0. The number of aliphatic carboxylic acids is 1. The van der Waals surface area contributed by atoms with Crippen molar-refractivity contribution in [3.63, 3.8) is 0 Å². The average molecular weight is 340 g/mol. The maximum Gasteiger partial charge on any atom is 0.306 e. The average Bonchev–Trinajstić information content (AvgIpc) is 2.96. The molecule has 126 valence electrons. The Balaban J connectivity index is 1.92. The van der Waals surface area contributed by atoms with E-state index in [1.54, 1.807) is 18.2 Å². The minimum atomic E-state index is -3.71. The highest BCUT2D eigenvalue weighted by molar-refractivity contribution is 7.89. The zero-order valence-corrected chi connectivity index (χ0v) is 13.6. The number of amides is 1. The van der Waals surface area contributed by atoms with Gasteiger partial charge in [-0.25, -0.2) is 8.42 Å². The number of likely N-dealkylation sites (N-methyl/N-ethyl adjacent to an activating group) is 1. The quantitative estimate of drug-likeness (QED) is 0.792. The second-order valence-corrected chi connectivity index (χ2v) is 7.73. The zero-order valence-electron chi connectivity index (χ0n) is 12.8. The Hall–Kier alpha value is -1.93. The summed E-state index contributed by atoms with van der Waals surface area (Å²) >= 11 is 0. The zero-order chi connectivity index (χ0) is 17.0. The third kappa shape index (κ3) is 4.29. The number of carbonyl (C=O) groups is 2. The number of carboxylic acids is 1. The van der Waals surface area contributed by atoms with Gasteiger partial charge in [0.1, 0.15) is 0 Å². The van der Waals surface area contributed by atoms with E-state index in [2.05, 4.69) is 5.32 Å². The Labute approximate surface area is 135 Å². The van der Waals surface area contributed by atoms with Crippen LogP contribution in [0, 0.1) is 5.92 Å². The molecule has 2 rings (SSSR count). The van der Waals surface area contributed by atoms with E-state index in [1.807, 2.05) is 0 Å². The van der Waals surface area contributed by atoms with E-state index >= 15 is 0 Å². The van der Waals surface area contributed by atoms with Crippen LogP contribution >= 0.6 is 0 Å². The van der Waals surface area contributed by atoms with E-state index in [-0.39, 0.29) is 17.5 Å². The lowest BCUT2D eigenvalue weighted by atomic mass is 10.1. The Morgan fingerprint density at radius 3 is 2.48 bits per heavy atom. The Morgan fingerprint density at radius 2 is 1.91 bits per heavy atom. The minimum Gasteiger partial charge on any atom is -0.481 e. The highest BCUT2D eigenvalue weighted by Crippen LogP contribution is 2.25. The van der Waals surface area contributed by atoms with Gasteiger partial charge in [-0.3, -0.25) is 9.59 Å². The van der Waals surface area contributed by atoms with Crippen LogP contribution in [-0.4, -0.2) is 49.3 Å². The second kappa shape index (κ2) is 7.10. The van der Waals surface area contributed by atoms with Gasteiger partial charge in [0, 0.05) is 13.1 Å². The number of hydrogen-bond acceptors (Lipinski definition) is 4. The summed E-state index contributed by atoms with van der Waals surface area (Å²) in [5, 5.41) is 11.7. The molecule has 1 aliphatic rings. The number of rotatable bonds is 6. The molecule has 0 radical (unpaired) electrons. The molecular formula is C15H20N2O5S. The maximum atomic E-state index is 12.3. The summed E-state index contributed by atoms with van der Waals surface area (Å²) in [6.45, 7) is -0.300. The van der Waals surface area contributed by atoms with Gasteiger partial charge in [-0.1, -0.05) is 18.2 Å². The predicted molar refractivity (Wildman–Crippen MR) is 83.2 cm³/mol. The van der Waals surface area contributed by atoms with Gasteiger partial charge in [0.05, 0.1) is 17.4 Å². The summed E-state index contributed by atoms with van der Waals surface area (Å²) in [5.74, 6) is -1.72. The lowest BCUT2D eigenvalue weighted by molar-refractivity contribution is -0.141. The molecule has 0 heterocycles. The first-order valence-electron chi connectivity index (χ1n) is 7.34. The van der Waals surface area contributed by atoms with Crippen molar-refractivity contribution >= 4 is 21.9 Å². The summed E-state index contributed by atoms with van der Waals surface area (Å²) in [6, 6.07) is 7.68. The van der Waals surface area contributed by atoms with E-state index in [0.29, 0.717) is 19.3 Å². The van der Waals surface area contributed by atoms with Crippen LogP contribution in [0.4, 0.5) is 0 Å². The van der Waals surface area contributed by atoms with Gasteiger partial charge in [0.25, 0.3) is 0 Å². The number of nitrogens with one attached hydrogen (secondary N) is 1. The predicted octanol–water partition coefficient (Wildman–Crippen LogP) is 0.677. The first kappa shape index (κ1) is 17.4. The van der Waals surface area contributed by atoms with Crippen molar-refractivity contribution in [2.75, 3.05) is 13.6 Å². The van der Waals surface area contributed by atoms with Crippen molar-refractivity contribution in [2.45, 2.75) is 30.2 Å². The molecule has 1 saturated carbocycles. The van der Waals surface area contributed by atoms with Crippen LogP contribution in [0.1, 0.15) is 19.3 Å². The molecule has 2 atom stereocenters. The standard InChI is InChI=1S/C15H20N2O5S/c1-17(23(21,22)13-5-3-2-4-6-13)10-14(18)16-12-8-7-11(9-12)15(19)20/h2-6,11-12H,7-10H2,1H3,(H,16,18)(H,19,20)/t11-,12+/m1/s1. The van der Waals surface area contributed by atoms with Crippen LogP contribution in [0.5, 0.6) is 0 Å². The van der Waals surface area contributed by atoms with E-state index in [4.69, 9.17) is 5.11 Å². The Bertz CT molecular complexity index is 674. The van der Waals surface area contributed by atoms with Gasteiger partial charge in [-0.15, -0.1) is 0 Å². The van der Waals surface area contributed by atoms with Crippen molar-refractivity contribution in [1.82, 2.24) is 9.62 Å². The van der Waals surface area contributed by atoms with E-state index in [9.17, 15) is 18.0 Å². The molecular weight excluding hydrogens is 320 g/mol. The molecule has 0 saturated heterocycles. The third-order valence-electron chi connectivity index (χ3n) is 3.96. The molecule has 1 fully saturated rings. The van der Waals surface area contributed by atoms with Gasteiger partial charge in [0.2, 0.25) is 15.9 Å². The summed E-state index contributed by atoms with van der Waals surface area (Å²) in [6.07, 6.45) is 1.51. The number of benzene rings is 1. The first-order chi connectivity index (χ1) is 10.8. The molecule has 0 aliphatic heterocycles. The minimum absolute atomic E-state index is 0.127. The van der Waals surface area contributed by atoms with Crippen LogP contribution in [0.15, 0.2) is 35.2 Å². The molecule has 1 amide bonds. The van der Waals surface area contributed by atoms with Crippen molar-refractivity contribution in [3.05, 3.63) is 30.3 Å². The number of nitrogens with zero attached hydrogens (tertiary/aromatic N) is 1. The summed E-state index contributed by atoms with van der Waals surface area (Å²) < 4.78 is 25.6. The first-order valence-corrected chi connectivity index (χ1v) is 8.78. The summed E-state index contributed by atoms with van der Waals surface area (Å²) in [7, 11) is -2.37. The van der Waals surface area contributed by atoms with Crippen LogP contribution in [0.2, 0.25) is 0 Å². The molecule has 0 spiro atoms. The third-order valence-corrected chi connectivity index (χ3v) is 5.78. The fourth-order valence-corrected chi connectivity index (χ4v) is 3.82. The van der Waals surface area contributed by atoms with Gasteiger partial charge in [-0.2, -0.15) is 4.31 Å². The van der Waals surface area contributed by atoms with Gasteiger partial charge in [0.15, 0.2) is 0 Å². The smallest absolute Gasteiger partial charge is 0.306 e. The van der Waals surface area contributed by atoms with Gasteiger partial charge in [-0.05, 0) is 31.4 Å². The van der Waals surface area contributed by atoms with Gasteiger partial charge < -0.3 is 10.4 Å². The Morgan fingerprint density at radius 1 is 1.26 bits per heavy atom. The molecule has 7 nitrogen and oxygen atoms in total. The largest absolute Gasteiger partial charge is 0.481 e. The molecule has 1 aromatic carbocycles. The fraction of sp³-hybridized carbons (Fsp3) is 0.467. The number of carboxylic acid groups (broad SMARTS) is 1. The molecule has 1 aromatic rings. The highest BCUT2D eigenvalue weighted by atomic mass is 32.2. The topological polar surface area (TPSA) is 104 Å². The lowest BCUT2D eigenvalue weighted by Gasteiger charge is -2.19. The SMILES string of the molecule is CN(CC(=O)N[C@H]1CC[C@@H](C(=O)O)C1)S(=O)(=O)c1ccccc1. The molecule has 0 aromatic heterocycles. The molecule has 8 heteroatoms. The van der Waals surface area contributed by atoms with Crippen molar-refractivity contribution < 1.29 is 23.1 Å². The maximum absolute atomic E-state index is 12.3. The van der Waals surface area contributed by atoms with Gasteiger partial charge >= 0.3 is 5.97 Å². The van der Waals surface area contributed by atoms with Crippen LogP contribution in [-0.2, 0) is 19.6 Å². The lowest BCUT2D eigenvalue weighted by Crippen LogP contribution is -2.42. The number of carbonyl (C=O) groups excluding carboxylic acids is 1. The summed E-state index contributed by atoms with van der Waals surface area (Å²) in [4.78, 5) is 23.0. The van der Waals surface area contributed by atoms with E-state index in [0.717, 1.165) is 4.31 Å². The molecule has 23 heavy (non-hydrogen) atoms.